The number of nitrogens with one attached hydrogen (secondary N) is 1. The monoisotopic (exact) mass is 254 g/mol. The molecule has 2 rings (SSSR count). The van der Waals surface area contributed by atoms with Gasteiger partial charge in [-0.3, -0.25) is 10.1 Å². The molecule has 2 fully saturated rings. The van der Waals surface area contributed by atoms with Gasteiger partial charge in [-0.15, -0.1) is 0 Å². The minimum Gasteiger partial charge on any atom is -0.378 e. The van der Waals surface area contributed by atoms with Crippen LogP contribution in [0.15, 0.2) is 0 Å². The summed E-state index contributed by atoms with van der Waals surface area (Å²) >= 11 is 0. The Bertz CT molecular complexity index is 317. The van der Waals surface area contributed by atoms with Crippen molar-refractivity contribution in [3.8, 4) is 0 Å². The maximum atomic E-state index is 12.3. The average Bonchev–Trinajstić information content (AvgIpc) is 2.67. The van der Waals surface area contributed by atoms with E-state index in [0.717, 1.165) is 25.9 Å². The second-order valence-electron chi connectivity index (χ2n) is 6.03. The van der Waals surface area contributed by atoms with Crippen molar-refractivity contribution in [2.24, 2.45) is 5.41 Å². The van der Waals surface area contributed by atoms with Gasteiger partial charge in [-0.25, -0.2) is 0 Å². The van der Waals surface area contributed by atoms with E-state index in [2.05, 4.69) is 26.1 Å². The Hall–Kier alpha value is -0.610. The minimum absolute atomic E-state index is 0.0388. The van der Waals surface area contributed by atoms with E-state index in [9.17, 15) is 4.79 Å². The summed E-state index contributed by atoms with van der Waals surface area (Å²) in [6, 6.07) is 0.368. The lowest BCUT2D eigenvalue weighted by Crippen LogP contribution is -2.62. The number of hydrogen-bond acceptors (Lipinski definition) is 3. The smallest absolute Gasteiger partial charge is 0.241 e. The van der Waals surface area contributed by atoms with E-state index >= 15 is 0 Å². The number of hydrogen-bond donors (Lipinski definition) is 1. The molecule has 1 heterocycles. The van der Waals surface area contributed by atoms with E-state index in [1.54, 1.807) is 0 Å². The number of carbonyl (C=O) groups excluding carboxylic acids is 1. The van der Waals surface area contributed by atoms with E-state index in [4.69, 9.17) is 4.74 Å². The molecule has 104 valence electrons. The zero-order valence-electron chi connectivity index (χ0n) is 12.0. The van der Waals surface area contributed by atoms with E-state index < -0.39 is 0 Å². The molecule has 3 unspecified atom stereocenters. The normalized spacial score (nSPS) is 34.8. The van der Waals surface area contributed by atoms with Crippen LogP contribution in [0.2, 0.25) is 0 Å². The Kier molecular flexibility index (Phi) is 3.97. The molecule has 1 amide bonds. The zero-order chi connectivity index (χ0) is 13.3. The Morgan fingerprint density at radius 3 is 2.72 bits per heavy atom. The first-order valence-corrected chi connectivity index (χ1v) is 7.17. The van der Waals surface area contributed by atoms with Crippen LogP contribution in [0.5, 0.6) is 0 Å². The fourth-order valence-electron chi connectivity index (χ4n) is 3.23. The van der Waals surface area contributed by atoms with Crippen molar-refractivity contribution in [3.05, 3.63) is 0 Å². The highest BCUT2D eigenvalue weighted by molar-refractivity contribution is 5.84. The number of nitrogens with zero attached hydrogens (tertiary/aromatic N) is 1. The lowest BCUT2D eigenvalue weighted by atomic mass is 9.63. The molecule has 1 aliphatic carbocycles. The first-order valence-electron chi connectivity index (χ1n) is 7.17. The van der Waals surface area contributed by atoms with E-state index in [0.29, 0.717) is 18.8 Å². The van der Waals surface area contributed by atoms with Crippen molar-refractivity contribution < 1.29 is 9.53 Å². The number of rotatable bonds is 5. The molecule has 18 heavy (non-hydrogen) atoms. The van der Waals surface area contributed by atoms with E-state index in [1.807, 2.05) is 11.8 Å². The van der Waals surface area contributed by atoms with Gasteiger partial charge in [0.25, 0.3) is 0 Å². The van der Waals surface area contributed by atoms with Gasteiger partial charge in [0.05, 0.1) is 18.8 Å². The summed E-state index contributed by atoms with van der Waals surface area (Å²) in [5, 5.41) is 3.33. The van der Waals surface area contributed by atoms with Gasteiger partial charge in [-0.1, -0.05) is 27.2 Å². The molecule has 1 saturated heterocycles. The lowest BCUT2D eigenvalue weighted by Gasteiger charge is -2.54. The van der Waals surface area contributed by atoms with Gasteiger partial charge >= 0.3 is 0 Å². The Labute approximate surface area is 110 Å². The Morgan fingerprint density at radius 1 is 1.44 bits per heavy atom. The highest BCUT2D eigenvalue weighted by atomic mass is 16.5. The first kappa shape index (κ1) is 13.8. The molecule has 4 heteroatoms. The summed E-state index contributed by atoms with van der Waals surface area (Å²) in [6.45, 7) is 10.0. The van der Waals surface area contributed by atoms with Crippen LogP contribution < -0.4 is 5.32 Å². The second kappa shape index (κ2) is 5.17. The third-order valence-corrected chi connectivity index (χ3v) is 4.54. The molecule has 0 radical (unpaired) electrons. The molecule has 0 aromatic carbocycles. The maximum absolute atomic E-state index is 12.3. The quantitative estimate of drug-likeness (QED) is 0.812. The van der Waals surface area contributed by atoms with Crippen molar-refractivity contribution >= 4 is 5.91 Å². The predicted octanol–water partition coefficient (Wildman–Crippen LogP) is 1.75. The molecule has 3 atom stereocenters. The van der Waals surface area contributed by atoms with Crippen molar-refractivity contribution in [2.75, 3.05) is 13.3 Å². The zero-order valence-corrected chi connectivity index (χ0v) is 12.0. The Balaban J connectivity index is 1.96. The van der Waals surface area contributed by atoms with Crippen LogP contribution in [0.25, 0.3) is 0 Å². The molecule has 4 nitrogen and oxygen atoms in total. The molecular weight excluding hydrogens is 228 g/mol. The van der Waals surface area contributed by atoms with Crippen LogP contribution in [0.3, 0.4) is 0 Å². The summed E-state index contributed by atoms with van der Waals surface area (Å²) < 4.78 is 5.73. The average molecular weight is 254 g/mol. The number of ether oxygens (including phenoxy) is 1. The largest absolute Gasteiger partial charge is 0.378 e. The van der Waals surface area contributed by atoms with Crippen LogP contribution >= 0.6 is 0 Å². The molecule has 1 aliphatic heterocycles. The minimum atomic E-state index is 0.0388. The summed E-state index contributed by atoms with van der Waals surface area (Å²) in [7, 11) is 0. The molecule has 1 N–H and O–H groups in total. The fraction of sp³-hybridized carbons (Fsp3) is 0.929. The molecule has 2 aliphatic rings. The van der Waals surface area contributed by atoms with Crippen LogP contribution in [-0.4, -0.2) is 42.3 Å². The number of carbonyl (C=O) groups is 1. The topological polar surface area (TPSA) is 41.6 Å². The van der Waals surface area contributed by atoms with Gasteiger partial charge in [-0.05, 0) is 19.8 Å². The highest BCUT2D eigenvalue weighted by Gasteiger charge is 2.54. The van der Waals surface area contributed by atoms with Crippen LogP contribution in [0.1, 0.15) is 47.0 Å². The van der Waals surface area contributed by atoms with Gasteiger partial charge in [0.1, 0.15) is 0 Å². The molecule has 0 bridgehead atoms. The van der Waals surface area contributed by atoms with E-state index in [-0.39, 0.29) is 17.4 Å². The molecule has 0 aromatic heterocycles. The van der Waals surface area contributed by atoms with Crippen molar-refractivity contribution in [2.45, 2.75) is 65.1 Å². The summed E-state index contributed by atoms with van der Waals surface area (Å²) in [5.74, 6) is 0.282. The summed E-state index contributed by atoms with van der Waals surface area (Å²) in [5.41, 5.74) is 0.0778. The maximum Gasteiger partial charge on any atom is 0.241 e. The van der Waals surface area contributed by atoms with Gasteiger partial charge in [-0.2, -0.15) is 0 Å². The van der Waals surface area contributed by atoms with Gasteiger partial charge in [0, 0.05) is 18.1 Å². The van der Waals surface area contributed by atoms with Crippen molar-refractivity contribution in [1.82, 2.24) is 10.2 Å². The molecule has 1 saturated carbocycles. The number of amides is 1. The molecule has 0 aromatic rings. The molecular formula is C14H26N2O2. The van der Waals surface area contributed by atoms with E-state index in [1.165, 1.54) is 0 Å². The summed E-state index contributed by atoms with van der Waals surface area (Å²) in [4.78, 5) is 14.3. The van der Waals surface area contributed by atoms with Crippen LogP contribution in [0, 0.1) is 5.41 Å². The standard InChI is InChI=1S/C14H26N2O2/c1-5-7-10-13(17)16(9-15-10)11-8-12(18-6-2)14(11,3)4/h10-12,15H,5-9H2,1-4H3. The predicted molar refractivity (Wildman–Crippen MR) is 71.1 cm³/mol. The van der Waals surface area contributed by atoms with Crippen LogP contribution in [-0.2, 0) is 9.53 Å². The first-order chi connectivity index (χ1) is 8.52. The SMILES string of the molecule is CCCC1NCN(C2CC(OCC)C2(C)C)C1=O. The van der Waals surface area contributed by atoms with Crippen LogP contribution in [0.4, 0.5) is 0 Å². The van der Waals surface area contributed by atoms with Gasteiger partial charge < -0.3 is 9.64 Å². The van der Waals surface area contributed by atoms with Crippen molar-refractivity contribution in [1.29, 1.82) is 0 Å². The third kappa shape index (κ3) is 2.16. The van der Waals surface area contributed by atoms with Gasteiger partial charge in [0.15, 0.2) is 0 Å². The third-order valence-electron chi connectivity index (χ3n) is 4.54. The highest BCUT2D eigenvalue weighted by Crippen LogP contribution is 2.46. The molecule has 0 spiro atoms. The summed E-state index contributed by atoms with van der Waals surface area (Å²) in [6.07, 6.45) is 3.27. The lowest BCUT2D eigenvalue weighted by molar-refractivity contribution is -0.162. The van der Waals surface area contributed by atoms with Gasteiger partial charge in [0.2, 0.25) is 5.91 Å². The fourth-order valence-corrected chi connectivity index (χ4v) is 3.23. The van der Waals surface area contributed by atoms with Crippen molar-refractivity contribution in [3.63, 3.8) is 0 Å². The second-order valence-corrected chi connectivity index (χ2v) is 6.03. The Morgan fingerprint density at radius 2 is 2.17 bits per heavy atom.